The Morgan fingerprint density at radius 3 is 2.62 bits per heavy atom. The summed E-state index contributed by atoms with van der Waals surface area (Å²) >= 11 is 0. The second-order valence-electron chi connectivity index (χ2n) is 5.47. The van der Waals surface area contributed by atoms with Crippen molar-refractivity contribution in [1.82, 2.24) is 19.7 Å². The van der Waals surface area contributed by atoms with E-state index in [1.54, 1.807) is 11.0 Å². The van der Waals surface area contributed by atoms with Gasteiger partial charge in [0.05, 0.1) is 6.54 Å². The van der Waals surface area contributed by atoms with E-state index in [9.17, 15) is 4.79 Å². The Bertz CT molecular complexity index is 559. The predicted octanol–water partition coefficient (Wildman–Crippen LogP) is 2.07. The summed E-state index contributed by atoms with van der Waals surface area (Å²) in [5.41, 5.74) is 1.40. The molecule has 0 radical (unpaired) electrons. The molecule has 0 atom stereocenters. The number of hydrogen-bond donors (Lipinski definition) is 0. The van der Waals surface area contributed by atoms with Crippen LogP contribution < -0.4 is 0 Å². The third-order valence-corrected chi connectivity index (χ3v) is 4.14. The molecule has 2 aromatic rings. The van der Waals surface area contributed by atoms with Crippen LogP contribution in [0.5, 0.6) is 0 Å². The summed E-state index contributed by atoms with van der Waals surface area (Å²) in [6.07, 6.45) is 5.75. The Hall–Kier alpha value is -2.17. The van der Waals surface area contributed by atoms with E-state index in [2.05, 4.69) is 34.3 Å². The summed E-state index contributed by atoms with van der Waals surface area (Å²) in [4.78, 5) is 18.1. The lowest BCUT2D eigenvalue weighted by atomic mass is 9.89. The molecule has 0 spiro atoms. The SMILES string of the molecule is O=C(CCn1cncn1)N1CCC(c2ccccc2)CC1. The van der Waals surface area contributed by atoms with Gasteiger partial charge < -0.3 is 4.90 Å². The van der Waals surface area contributed by atoms with E-state index in [4.69, 9.17) is 0 Å². The van der Waals surface area contributed by atoms with Crippen molar-refractivity contribution in [2.45, 2.75) is 31.7 Å². The second-order valence-corrected chi connectivity index (χ2v) is 5.47. The van der Waals surface area contributed by atoms with Crippen LogP contribution in [0.1, 0.15) is 30.7 Å². The van der Waals surface area contributed by atoms with Crippen LogP contribution in [0.3, 0.4) is 0 Å². The average molecular weight is 284 g/mol. The molecule has 1 fully saturated rings. The van der Waals surface area contributed by atoms with Gasteiger partial charge in [0.15, 0.2) is 0 Å². The number of aryl methyl sites for hydroxylation is 1. The van der Waals surface area contributed by atoms with Gasteiger partial charge in [0, 0.05) is 19.5 Å². The maximum Gasteiger partial charge on any atom is 0.224 e. The number of benzene rings is 1. The van der Waals surface area contributed by atoms with Crippen LogP contribution in [-0.2, 0) is 11.3 Å². The second kappa shape index (κ2) is 6.52. The van der Waals surface area contributed by atoms with Crippen molar-refractivity contribution in [3.05, 3.63) is 48.5 Å². The molecule has 1 aliphatic rings. The Labute approximate surface area is 124 Å². The number of rotatable bonds is 4. The van der Waals surface area contributed by atoms with Crippen LogP contribution in [0.15, 0.2) is 43.0 Å². The van der Waals surface area contributed by atoms with Crippen molar-refractivity contribution < 1.29 is 4.79 Å². The van der Waals surface area contributed by atoms with E-state index in [1.807, 2.05) is 11.0 Å². The zero-order valence-corrected chi connectivity index (χ0v) is 12.1. The first kappa shape index (κ1) is 13.8. The summed E-state index contributed by atoms with van der Waals surface area (Å²) in [6, 6.07) is 10.6. The molecule has 2 heterocycles. The third-order valence-electron chi connectivity index (χ3n) is 4.14. The third kappa shape index (κ3) is 3.48. The van der Waals surface area contributed by atoms with Gasteiger partial charge in [-0.05, 0) is 24.3 Å². The number of carbonyl (C=O) groups is 1. The van der Waals surface area contributed by atoms with Crippen LogP contribution in [0.4, 0.5) is 0 Å². The molecule has 0 bridgehead atoms. The quantitative estimate of drug-likeness (QED) is 0.863. The zero-order chi connectivity index (χ0) is 14.5. The highest BCUT2D eigenvalue weighted by atomic mass is 16.2. The number of likely N-dealkylation sites (tertiary alicyclic amines) is 1. The predicted molar refractivity (Wildman–Crippen MR) is 79.6 cm³/mol. The Morgan fingerprint density at radius 2 is 1.95 bits per heavy atom. The van der Waals surface area contributed by atoms with Gasteiger partial charge in [0.1, 0.15) is 12.7 Å². The van der Waals surface area contributed by atoms with Crippen molar-refractivity contribution >= 4 is 5.91 Å². The first-order chi connectivity index (χ1) is 10.3. The average Bonchev–Trinajstić information content (AvgIpc) is 3.07. The van der Waals surface area contributed by atoms with Crippen molar-refractivity contribution in [2.24, 2.45) is 0 Å². The summed E-state index contributed by atoms with van der Waals surface area (Å²) in [7, 11) is 0. The summed E-state index contributed by atoms with van der Waals surface area (Å²) in [5.74, 6) is 0.808. The molecule has 110 valence electrons. The van der Waals surface area contributed by atoms with Gasteiger partial charge in [-0.25, -0.2) is 4.98 Å². The number of aromatic nitrogens is 3. The molecule has 5 heteroatoms. The molecular formula is C16H20N4O. The summed E-state index contributed by atoms with van der Waals surface area (Å²) in [5, 5.41) is 4.02. The van der Waals surface area contributed by atoms with Gasteiger partial charge in [-0.15, -0.1) is 0 Å². The van der Waals surface area contributed by atoms with Crippen LogP contribution in [0.25, 0.3) is 0 Å². The van der Waals surface area contributed by atoms with E-state index in [0.717, 1.165) is 25.9 Å². The molecule has 0 aliphatic carbocycles. The number of hydrogen-bond acceptors (Lipinski definition) is 3. The van der Waals surface area contributed by atoms with E-state index in [1.165, 1.54) is 11.9 Å². The maximum atomic E-state index is 12.2. The number of piperidine rings is 1. The zero-order valence-electron chi connectivity index (χ0n) is 12.1. The van der Waals surface area contributed by atoms with Gasteiger partial charge in [-0.3, -0.25) is 9.48 Å². The van der Waals surface area contributed by atoms with Gasteiger partial charge in [0.25, 0.3) is 0 Å². The van der Waals surface area contributed by atoms with Crippen LogP contribution in [-0.4, -0.2) is 38.7 Å². The van der Waals surface area contributed by atoms with Crippen molar-refractivity contribution in [1.29, 1.82) is 0 Å². The highest BCUT2D eigenvalue weighted by Gasteiger charge is 2.23. The number of nitrogens with zero attached hydrogens (tertiary/aromatic N) is 4. The molecule has 1 aromatic heterocycles. The number of amides is 1. The van der Waals surface area contributed by atoms with E-state index in [-0.39, 0.29) is 5.91 Å². The van der Waals surface area contributed by atoms with E-state index in [0.29, 0.717) is 18.9 Å². The fourth-order valence-electron chi connectivity index (χ4n) is 2.90. The largest absolute Gasteiger partial charge is 0.343 e. The number of carbonyl (C=O) groups excluding carboxylic acids is 1. The van der Waals surface area contributed by atoms with Crippen LogP contribution in [0.2, 0.25) is 0 Å². The topological polar surface area (TPSA) is 51.0 Å². The Morgan fingerprint density at radius 1 is 1.19 bits per heavy atom. The van der Waals surface area contributed by atoms with Crippen LogP contribution in [0, 0.1) is 0 Å². The highest BCUT2D eigenvalue weighted by Crippen LogP contribution is 2.27. The lowest BCUT2D eigenvalue weighted by molar-refractivity contribution is -0.132. The molecule has 21 heavy (non-hydrogen) atoms. The molecular weight excluding hydrogens is 264 g/mol. The maximum absolute atomic E-state index is 12.2. The molecule has 1 aromatic carbocycles. The summed E-state index contributed by atoms with van der Waals surface area (Å²) < 4.78 is 1.70. The molecule has 1 saturated heterocycles. The smallest absolute Gasteiger partial charge is 0.224 e. The Kier molecular flexibility index (Phi) is 4.28. The highest BCUT2D eigenvalue weighted by molar-refractivity contribution is 5.76. The normalized spacial score (nSPS) is 16.1. The van der Waals surface area contributed by atoms with Crippen molar-refractivity contribution in [3.63, 3.8) is 0 Å². The van der Waals surface area contributed by atoms with E-state index < -0.39 is 0 Å². The monoisotopic (exact) mass is 284 g/mol. The molecule has 1 amide bonds. The Balaban J connectivity index is 1.48. The minimum Gasteiger partial charge on any atom is -0.343 e. The fourth-order valence-corrected chi connectivity index (χ4v) is 2.90. The first-order valence-corrected chi connectivity index (χ1v) is 7.48. The van der Waals surface area contributed by atoms with Gasteiger partial charge in [-0.1, -0.05) is 30.3 Å². The molecule has 1 aliphatic heterocycles. The molecule has 5 nitrogen and oxygen atoms in total. The van der Waals surface area contributed by atoms with Crippen molar-refractivity contribution in [3.8, 4) is 0 Å². The lowest BCUT2D eigenvalue weighted by Crippen LogP contribution is -2.38. The van der Waals surface area contributed by atoms with Crippen LogP contribution >= 0.6 is 0 Å². The van der Waals surface area contributed by atoms with Crippen molar-refractivity contribution in [2.75, 3.05) is 13.1 Å². The molecule has 3 rings (SSSR count). The minimum atomic E-state index is 0.219. The van der Waals surface area contributed by atoms with E-state index >= 15 is 0 Å². The minimum absolute atomic E-state index is 0.219. The first-order valence-electron chi connectivity index (χ1n) is 7.48. The lowest BCUT2D eigenvalue weighted by Gasteiger charge is -2.32. The van der Waals surface area contributed by atoms with Gasteiger partial charge in [0.2, 0.25) is 5.91 Å². The fraction of sp³-hybridized carbons (Fsp3) is 0.438. The molecule has 0 N–H and O–H groups in total. The summed E-state index contributed by atoms with van der Waals surface area (Å²) in [6.45, 7) is 2.32. The molecule has 0 unspecified atom stereocenters. The molecule has 0 saturated carbocycles. The standard InChI is InChI=1S/C16H20N4O/c21-16(8-11-20-13-17-12-18-20)19-9-6-15(7-10-19)14-4-2-1-3-5-14/h1-5,12-13,15H,6-11H2. The van der Waals surface area contributed by atoms with Gasteiger partial charge >= 0.3 is 0 Å². The van der Waals surface area contributed by atoms with Gasteiger partial charge in [-0.2, -0.15) is 5.10 Å².